The molecule has 16 heavy (non-hydrogen) atoms. The molecule has 0 aliphatic heterocycles. The van der Waals surface area contributed by atoms with Crippen LogP contribution in [0.25, 0.3) is 0 Å². The number of hydrogen-bond donors (Lipinski definition) is 2. The fraction of sp³-hybridized carbons (Fsp3) is 0.167. The second-order valence-electron chi connectivity index (χ2n) is 3.30. The minimum Gasteiger partial charge on any atom is -0.393 e. The fourth-order valence-corrected chi connectivity index (χ4v) is 1.50. The molecule has 0 aromatic heterocycles. The van der Waals surface area contributed by atoms with Gasteiger partial charge in [-0.05, 0) is 11.6 Å². The number of benzene rings is 1. The van der Waals surface area contributed by atoms with Crippen LogP contribution in [0.5, 0.6) is 0 Å². The molecule has 3 nitrogen and oxygen atoms in total. The molecule has 84 valence electrons. The summed E-state index contributed by atoms with van der Waals surface area (Å²) in [5, 5.41) is 2.72. The van der Waals surface area contributed by atoms with Crippen molar-refractivity contribution in [2.75, 3.05) is 6.54 Å². The van der Waals surface area contributed by atoms with Gasteiger partial charge in [0.2, 0.25) is 0 Å². The van der Waals surface area contributed by atoms with E-state index in [1.807, 2.05) is 18.2 Å². The second-order valence-corrected chi connectivity index (χ2v) is 3.82. The lowest BCUT2D eigenvalue weighted by atomic mass is 10.0. The van der Waals surface area contributed by atoms with Crippen molar-refractivity contribution in [1.82, 2.24) is 5.32 Å². The zero-order chi connectivity index (χ0) is 12.0. The van der Waals surface area contributed by atoms with E-state index in [0.29, 0.717) is 23.5 Å². The van der Waals surface area contributed by atoms with Gasteiger partial charge in [0, 0.05) is 18.5 Å². The highest BCUT2D eigenvalue weighted by Gasteiger charge is 2.09. The summed E-state index contributed by atoms with van der Waals surface area (Å²) < 4.78 is 0. The second kappa shape index (κ2) is 6.02. The molecule has 0 saturated heterocycles. The molecule has 0 atom stereocenters. The smallest absolute Gasteiger partial charge is 0.251 e. The van der Waals surface area contributed by atoms with Gasteiger partial charge in [-0.2, -0.15) is 0 Å². The third-order valence-electron chi connectivity index (χ3n) is 2.03. The number of nitrogens with two attached hydrogens (primary N) is 1. The predicted octanol–water partition coefficient (Wildman–Crippen LogP) is 1.43. The van der Waals surface area contributed by atoms with Crippen LogP contribution in [-0.2, 0) is 6.42 Å². The minimum atomic E-state index is -0.133. The third kappa shape index (κ3) is 3.47. The summed E-state index contributed by atoms with van der Waals surface area (Å²) in [6, 6.07) is 7.28. The maximum absolute atomic E-state index is 11.8. The van der Waals surface area contributed by atoms with Crippen LogP contribution in [-0.4, -0.2) is 17.4 Å². The summed E-state index contributed by atoms with van der Waals surface area (Å²) in [6.45, 7) is 3.99. The number of thiocarbonyl (C=S) groups is 1. The molecule has 0 bridgehead atoms. The van der Waals surface area contributed by atoms with Gasteiger partial charge in [0.25, 0.3) is 5.91 Å². The van der Waals surface area contributed by atoms with Crippen molar-refractivity contribution in [3.63, 3.8) is 0 Å². The van der Waals surface area contributed by atoms with Crippen LogP contribution in [0.2, 0.25) is 0 Å². The van der Waals surface area contributed by atoms with Crippen LogP contribution in [0.15, 0.2) is 36.9 Å². The van der Waals surface area contributed by atoms with Gasteiger partial charge >= 0.3 is 0 Å². The molecule has 1 aromatic rings. The number of carbonyl (C=O) groups excluding carboxylic acids is 1. The fourth-order valence-electron chi connectivity index (χ4n) is 1.34. The zero-order valence-electron chi connectivity index (χ0n) is 8.90. The third-order valence-corrected chi connectivity index (χ3v) is 2.18. The highest BCUT2D eigenvalue weighted by Crippen LogP contribution is 2.09. The summed E-state index contributed by atoms with van der Waals surface area (Å²) in [4.78, 5) is 12.1. The summed E-state index contributed by atoms with van der Waals surface area (Å²) in [5.41, 5.74) is 6.93. The molecule has 3 N–H and O–H groups in total. The van der Waals surface area contributed by atoms with E-state index in [9.17, 15) is 4.79 Å². The number of rotatable bonds is 5. The predicted molar refractivity (Wildman–Crippen MR) is 69.5 cm³/mol. The standard InChI is InChI=1S/C12H14N2OS/c1-2-7-14-12(15)10-6-4-3-5-9(10)8-11(13)16/h2-6H,1,7-8H2,(H2,13,16)(H,14,15). The monoisotopic (exact) mass is 234 g/mol. The van der Waals surface area contributed by atoms with E-state index in [4.69, 9.17) is 18.0 Å². The molecule has 1 aromatic carbocycles. The molecule has 0 saturated carbocycles. The Morgan fingerprint density at radius 1 is 1.50 bits per heavy atom. The van der Waals surface area contributed by atoms with Gasteiger partial charge in [0.1, 0.15) is 0 Å². The number of amides is 1. The zero-order valence-corrected chi connectivity index (χ0v) is 9.72. The molecule has 0 aliphatic carbocycles. The van der Waals surface area contributed by atoms with E-state index in [1.165, 1.54) is 0 Å². The molecule has 0 aliphatic rings. The largest absolute Gasteiger partial charge is 0.393 e. The Kier molecular flexibility index (Phi) is 4.66. The number of carbonyl (C=O) groups is 1. The number of nitrogens with one attached hydrogen (secondary N) is 1. The van der Waals surface area contributed by atoms with Gasteiger partial charge in [0.15, 0.2) is 0 Å². The minimum absolute atomic E-state index is 0.133. The van der Waals surface area contributed by atoms with Crippen LogP contribution in [0, 0.1) is 0 Å². The molecule has 0 heterocycles. The van der Waals surface area contributed by atoms with Crippen molar-refractivity contribution in [2.45, 2.75) is 6.42 Å². The Morgan fingerprint density at radius 3 is 2.81 bits per heavy atom. The Morgan fingerprint density at radius 2 is 2.19 bits per heavy atom. The summed E-state index contributed by atoms with van der Waals surface area (Å²) in [7, 11) is 0. The molecule has 0 unspecified atom stereocenters. The Balaban J connectivity index is 2.89. The van der Waals surface area contributed by atoms with Crippen molar-refractivity contribution in [3.8, 4) is 0 Å². The lowest BCUT2D eigenvalue weighted by molar-refractivity contribution is 0.0957. The summed E-state index contributed by atoms with van der Waals surface area (Å²) >= 11 is 4.84. The summed E-state index contributed by atoms with van der Waals surface area (Å²) in [6.07, 6.45) is 2.07. The highest BCUT2D eigenvalue weighted by molar-refractivity contribution is 7.80. The first-order chi connectivity index (χ1) is 7.65. The van der Waals surface area contributed by atoms with E-state index in [-0.39, 0.29) is 5.91 Å². The Labute approximate surface area is 100 Å². The van der Waals surface area contributed by atoms with Crippen LogP contribution in [0.4, 0.5) is 0 Å². The van der Waals surface area contributed by atoms with Crippen LogP contribution in [0.1, 0.15) is 15.9 Å². The molecule has 1 amide bonds. The first kappa shape index (κ1) is 12.4. The molecule has 0 spiro atoms. The molecule has 4 heteroatoms. The van der Waals surface area contributed by atoms with Crippen molar-refractivity contribution in [1.29, 1.82) is 0 Å². The Hall–Kier alpha value is -1.68. The van der Waals surface area contributed by atoms with Crippen LogP contribution in [0.3, 0.4) is 0 Å². The molecular weight excluding hydrogens is 220 g/mol. The topological polar surface area (TPSA) is 55.1 Å². The van der Waals surface area contributed by atoms with E-state index < -0.39 is 0 Å². The average Bonchev–Trinajstić information content (AvgIpc) is 2.26. The highest BCUT2D eigenvalue weighted by atomic mass is 32.1. The molecular formula is C12H14N2OS. The maximum Gasteiger partial charge on any atom is 0.251 e. The molecule has 0 fully saturated rings. The summed E-state index contributed by atoms with van der Waals surface area (Å²) in [5.74, 6) is -0.133. The average molecular weight is 234 g/mol. The van der Waals surface area contributed by atoms with Crippen molar-refractivity contribution < 1.29 is 4.79 Å². The van der Waals surface area contributed by atoms with Gasteiger partial charge < -0.3 is 11.1 Å². The molecule has 1 rings (SSSR count). The van der Waals surface area contributed by atoms with Gasteiger partial charge in [-0.25, -0.2) is 0 Å². The lowest BCUT2D eigenvalue weighted by Crippen LogP contribution is -2.25. The lowest BCUT2D eigenvalue weighted by Gasteiger charge is -2.08. The maximum atomic E-state index is 11.8. The Bertz CT molecular complexity index is 415. The van der Waals surface area contributed by atoms with E-state index in [0.717, 1.165) is 5.56 Å². The van der Waals surface area contributed by atoms with Gasteiger partial charge in [-0.3, -0.25) is 4.79 Å². The van der Waals surface area contributed by atoms with Crippen molar-refractivity contribution in [2.24, 2.45) is 5.73 Å². The number of hydrogen-bond acceptors (Lipinski definition) is 2. The van der Waals surface area contributed by atoms with Gasteiger partial charge in [-0.15, -0.1) is 6.58 Å². The first-order valence-corrected chi connectivity index (χ1v) is 5.31. The van der Waals surface area contributed by atoms with Crippen molar-refractivity contribution >= 4 is 23.1 Å². The van der Waals surface area contributed by atoms with Gasteiger partial charge in [0.05, 0.1) is 4.99 Å². The van der Waals surface area contributed by atoms with Crippen LogP contribution < -0.4 is 11.1 Å². The van der Waals surface area contributed by atoms with E-state index in [1.54, 1.807) is 12.1 Å². The SMILES string of the molecule is C=CCNC(=O)c1ccccc1CC(N)=S. The quantitative estimate of drug-likeness (QED) is 0.598. The molecule has 0 radical (unpaired) electrons. The van der Waals surface area contributed by atoms with Gasteiger partial charge in [-0.1, -0.05) is 36.5 Å². The first-order valence-electron chi connectivity index (χ1n) is 4.90. The normalized spacial score (nSPS) is 9.50. The van der Waals surface area contributed by atoms with E-state index in [2.05, 4.69) is 11.9 Å². The van der Waals surface area contributed by atoms with E-state index >= 15 is 0 Å². The van der Waals surface area contributed by atoms with Crippen LogP contribution >= 0.6 is 12.2 Å². The van der Waals surface area contributed by atoms with Crippen molar-refractivity contribution in [3.05, 3.63) is 48.0 Å².